The van der Waals surface area contributed by atoms with Crippen molar-refractivity contribution in [2.75, 3.05) is 13.1 Å². The fourth-order valence-electron chi connectivity index (χ4n) is 2.65. The molecule has 1 rings (SSSR count). The molecular weight excluding hydrogens is 224 g/mol. The van der Waals surface area contributed by atoms with Crippen LogP contribution in [-0.4, -0.2) is 19.0 Å². The molecule has 1 aliphatic carbocycles. The van der Waals surface area contributed by atoms with Crippen LogP contribution in [0.15, 0.2) is 0 Å². The van der Waals surface area contributed by atoms with E-state index >= 15 is 0 Å². The van der Waals surface area contributed by atoms with Gasteiger partial charge in [-0.15, -0.1) is 0 Å². The van der Waals surface area contributed by atoms with Gasteiger partial charge in [-0.2, -0.15) is 0 Å². The quantitative estimate of drug-likeness (QED) is 0.792. The normalized spacial score (nSPS) is 24.9. The highest BCUT2D eigenvalue weighted by Gasteiger charge is 2.25. The van der Waals surface area contributed by atoms with Crippen molar-refractivity contribution in [3.63, 3.8) is 0 Å². The zero-order chi connectivity index (χ0) is 13.6. The number of hydrogen-bond donors (Lipinski definition) is 2. The summed E-state index contributed by atoms with van der Waals surface area (Å²) in [5, 5.41) is 3.09. The molecule has 0 aromatic rings. The van der Waals surface area contributed by atoms with Crippen molar-refractivity contribution in [3.8, 4) is 0 Å². The molecule has 0 aliphatic heterocycles. The van der Waals surface area contributed by atoms with E-state index in [0.29, 0.717) is 5.41 Å². The Hall–Kier alpha value is -0.570. The molecule has 1 aliphatic rings. The van der Waals surface area contributed by atoms with Gasteiger partial charge in [0, 0.05) is 12.5 Å². The smallest absolute Gasteiger partial charge is 0.223 e. The van der Waals surface area contributed by atoms with Gasteiger partial charge in [0.2, 0.25) is 5.91 Å². The maximum absolute atomic E-state index is 12.0. The lowest BCUT2D eigenvalue weighted by molar-refractivity contribution is -0.126. The molecule has 0 unspecified atom stereocenters. The van der Waals surface area contributed by atoms with E-state index in [2.05, 4.69) is 26.1 Å². The second-order valence-corrected chi connectivity index (χ2v) is 6.90. The highest BCUT2D eigenvalue weighted by Crippen LogP contribution is 2.30. The molecule has 3 heteroatoms. The molecular formula is C15H30N2O. The largest absolute Gasteiger partial charge is 0.356 e. The first-order chi connectivity index (χ1) is 8.42. The number of hydrogen-bond acceptors (Lipinski definition) is 2. The third kappa shape index (κ3) is 5.85. The predicted molar refractivity (Wildman–Crippen MR) is 76.2 cm³/mol. The average molecular weight is 254 g/mol. The summed E-state index contributed by atoms with van der Waals surface area (Å²) in [5.74, 6) is 1.28. The van der Waals surface area contributed by atoms with Crippen molar-refractivity contribution < 1.29 is 4.79 Å². The Labute approximate surface area is 112 Å². The van der Waals surface area contributed by atoms with Gasteiger partial charge in [0.1, 0.15) is 0 Å². The van der Waals surface area contributed by atoms with E-state index in [9.17, 15) is 4.79 Å². The first-order valence-corrected chi connectivity index (χ1v) is 7.40. The Kier molecular flexibility index (Phi) is 6.13. The fraction of sp³-hybridized carbons (Fsp3) is 0.933. The molecule has 1 amide bonds. The molecule has 0 spiro atoms. The first kappa shape index (κ1) is 15.5. The van der Waals surface area contributed by atoms with E-state index in [-0.39, 0.29) is 11.8 Å². The number of carbonyl (C=O) groups is 1. The molecule has 0 aromatic carbocycles. The zero-order valence-corrected chi connectivity index (χ0v) is 12.3. The number of amides is 1. The minimum atomic E-state index is 0.249. The van der Waals surface area contributed by atoms with Crippen molar-refractivity contribution in [3.05, 3.63) is 0 Å². The minimum Gasteiger partial charge on any atom is -0.356 e. The van der Waals surface area contributed by atoms with Crippen molar-refractivity contribution in [1.29, 1.82) is 0 Å². The lowest BCUT2D eigenvalue weighted by Gasteiger charge is -2.28. The van der Waals surface area contributed by atoms with E-state index in [1.54, 1.807) is 0 Å². The lowest BCUT2D eigenvalue weighted by Crippen LogP contribution is -2.35. The summed E-state index contributed by atoms with van der Waals surface area (Å²) >= 11 is 0. The van der Waals surface area contributed by atoms with Gasteiger partial charge in [-0.05, 0) is 56.4 Å². The van der Waals surface area contributed by atoms with Crippen LogP contribution >= 0.6 is 0 Å². The van der Waals surface area contributed by atoms with E-state index < -0.39 is 0 Å². The summed E-state index contributed by atoms with van der Waals surface area (Å²) in [5.41, 5.74) is 5.88. The van der Waals surface area contributed by atoms with Crippen LogP contribution in [0.4, 0.5) is 0 Å². The SMILES string of the molecule is CC(C)(C)CCNC(=O)C1CCC(CCN)CC1. The second-order valence-electron chi connectivity index (χ2n) is 6.90. The third-order valence-electron chi connectivity index (χ3n) is 3.97. The number of carbonyl (C=O) groups excluding carboxylic acids is 1. The zero-order valence-electron chi connectivity index (χ0n) is 12.3. The van der Waals surface area contributed by atoms with Crippen LogP contribution in [0.5, 0.6) is 0 Å². The van der Waals surface area contributed by atoms with E-state index in [1.807, 2.05) is 0 Å². The Bertz CT molecular complexity index is 250. The maximum Gasteiger partial charge on any atom is 0.223 e. The maximum atomic E-state index is 12.0. The number of rotatable bonds is 5. The molecule has 0 radical (unpaired) electrons. The van der Waals surface area contributed by atoms with Gasteiger partial charge in [-0.1, -0.05) is 20.8 Å². The van der Waals surface area contributed by atoms with Crippen LogP contribution in [0.25, 0.3) is 0 Å². The summed E-state index contributed by atoms with van der Waals surface area (Å²) in [7, 11) is 0. The minimum absolute atomic E-state index is 0.249. The summed E-state index contributed by atoms with van der Waals surface area (Å²) in [6.07, 6.45) is 6.61. The van der Waals surface area contributed by atoms with Gasteiger partial charge in [-0.25, -0.2) is 0 Å². The summed E-state index contributed by atoms with van der Waals surface area (Å²) in [6.45, 7) is 8.21. The molecule has 0 bridgehead atoms. The monoisotopic (exact) mass is 254 g/mol. The van der Waals surface area contributed by atoms with E-state index in [0.717, 1.165) is 44.7 Å². The van der Waals surface area contributed by atoms with Gasteiger partial charge in [0.15, 0.2) is 0 Å². The van der Waals surface area contributed by atoms with Crippen LogP contribution in [0.2, 0.25) is 0 Å². The molecule has 0 saturated heterocycles. The molecule has 1 fully saturated rings. The van der Waals surface area contributed by atoms with Gasteiger partial charge in [-0.3, -0.25) is 4.79 Å². The molecule has 0 atom stereocenters. The van der Waals surface area contributed by atoms with Crippen LogP contribution in [0.3, 0.4) is 0 Å². The van der Waals surface area contributed by atoms with Gasteiger partial charge in [0.25, 0.3) is 0 Å². The standard InChI is InChI=1S/C15H30N2O/c1-15(2,3)9-11-17-14(18)13-6-4-12(5-7-13)8-10-16/h12-13H,4-11,16H2,1-3H3,(H,17,18). The van der Waals surface area contributed by atoms with Crippen LogP contribution < -0.4 is 11.1 Å². The lowest BCUT2D eigenvalue weighted by atomic mass is 9.80. The third-order valence-corrected chi connectivity index (χ3v) is 3.97. The molecule has 0 heterocycles. The summed E-state index contributed by atoms with van der Waals surface area (Å²) in [6, 6.07) is 0. The fourth-order valence-corrected chi connectivity index (χ4v) is 2.65. The van der Waals surface area contributed by atoms with Crippen molar-refractivity contribution >= 4 is 5.91 Å². The Morgan fingerprint density at radius 1 is 1.22 bits per heavy atom. The highest BCUT2D eigenvalue weighted by atomic mass is 16.1. The summed E-state index contributed by atoms with van der Waals surface area (Å²) in [4.78, 5) is 12.0. The molecule has 1 saturated carbocycles. The van der Waals surface area contributed by atoms with Crippen LogP contribution in [-0.2, 0) is 4.79 Å². The van der Waals surface area contributed by atoms with E-state index in [1.165, 1.54) is 12.8 Å². The molecule has 3 N–H and O–H groups in total. The molecule has 106 valence electrons. The average Bonchev–Trinajstić information content (AvgIpc) is 2.28. The Morgan fingerprint density at radius 2 is 1.83 bits per heavy atom. The van der Waals surface area contributed by atoms with Crippen molar-refractivity contribution in [1.82, 2.24) is 5.32 Å². The van der Waals surface area contributed by atoms with Gasteiger partial charge < -0.3 is 11.1 Å². The molecule has 0 aromatic heterocycles. The van der Waals surface area contributed by atoms with E-state index in [4.69, 9.17) is 5.73 Å². The summed E-state index contributed by atoms with van der Waals surface area (Å²) < 4.78 is 0. The molecule has 3 nitrogen and oxygen atoms in total. The first-order valence-electron chi connectivity index (χ1n) is 7.40. The van der Waals surface area contributed by atoms with Crippen molar-refractivity contribution in [2.45, 2.75) is 59.3 Å². The van der Waals surface area contributed by atoms with Crippen LogP contribution in [0, 0.1) is 17.3 Å². The van der Waals surface area contributed by atoms with Gasteiger partial charge in [0.05, 0.1) is 0 Å². The topological polar surface area (TPSA) is 55.1 Å². The second kappa shape index (κ2) is 7.13. The van der Waals surface area contributed by atoms with Gasteiger partial charge >= 0.3 is 0 Å². The predicted octanol–water partition coefficient (Wildman–Crippen LogP) is 2.69. The Balaban J connectivity index is 2.20. The number of nitrogens with two attached hydrogens (primary N) is 1. The molecule has 18 heavy (non-hydrogen) atoms. The highest BCUT2D eigenvalue weighted by molar-refractivity contribution is 5.78. The Morgan fingerprint density at radius 3 is 2.33 bits per heavy atom. The van der Waals surface area contributed by atoms with Crippen LogP contribution in [0.1, 0.15) is 59.3 Å². The van der Waals surface area contributed by atoms with Crippen molar-refractivity contribution in [2.24, 2.45) is 23.0 Å². The number of nitrogens with one attached hydrogen (secondary N) is 1.